The van der Waals surface area contributed by atoms with E-state index in [2.05, 4.69) is 10.2 Å². The summed E-state index contributed by atoms with van der Waals surface area (Å²) in [5.41, 5.74) is -0.283. The van der Waals surface area contributed by atoms with Gasteiger partial charge in [-0.15, -0.1) is 0 Å². The molecule has 0 amide bonds. The fraction of sp³-hybridized carbons (Fsp3) is 0.500. The highest BCUT2D eigenvalue weighted by molar-refractivity contribution is 5.38. The molecule has 1 aliphatic heterocycles. The molecule has 1 aromatic carbocycles. The normalized spacial score (nSPS) is 17.9. The minimum atomic E-state index is -4.50. The third kappa shape index (κ3) is 3.14. The number of nitrogens with one attached hydrogen (secondary N) is 1. The maximum absolute atomic E-state index is 12.5. The fourth-order valence-corrected chi connectivity index (χ4v) is 2.04. The number of nitrogens with zero attached hydrogens (tertiary/aromatic N) is 1. The van der Waals surface area contributed by atoms with E-state index in [9.17, 15) is 18.3 Å². The summed E-state index contributed by atoms with van der Waals surface area (Å²) in [6.45, 7) is 4.05. The van der Waals surface area contributed by atoms with Gasteiger partial charge in [0, 0.05) is 32.7 Å². The molecule has 0 saturated carbocycles. The number of rotatable bonds is 2. The van der Waals surface area contributed by atoms with E-state index in [-0.39, 0.29) is 0 Å². The van der Waals surface area contributed by atoms with Gasteiger partial charge in [-0.05, 0) is 17.7 Å². The lowest BCUT2D eigenvalue weighted by Gasteiger charge is -2.27. The number of hydrogen-bond acceptors (Lipinski definition) is 3. The quantitative estimate of drug-likeness (QED) is 0.851. The van der Waals surface area contributed by atoms with Crippen LogP contribution in [0.2, 0.25) is 0 Å². The first kappa shape index (κ1) is 13.2. The molecule has 0 atom stereocenters. The number of benzene rings is 1. The van der Waals surface area contributed by atoms with E-state index < -0.39 is 17.5 Å². The predicted molar refractivity (Wildman–Crippen MR) is 61.3 cm³/mol. The summed E-state index contributed by atoms with van der Waals surface area (Å²) < 4.78 is 37.4. The molecule has 1 heterocycles. The van der Waals surface area contributed by atoms with Crippen molar-refractivity contribution >= 4 is 0 Å². The highest BCUT2D eigenvalue weighted by Crippen LogP contribution is 2.36. The molecular formula is C12H15F3N2O. The Morgan fingerprint density at radius 1 is 1.22 bits per heavy atom. The lowest BCUT2D eigenvalue weighted by atomic mass is 10.1. The molecule has 6 heteroatoms. The second kappa shape index (κ2) is 5.16. The zero-order valence-corrected chi connectivity index (χ0v) is 9.80. The van der Waals surface area contributed by atoms with Crippen LogP contribution >= 0.6 is 0 Å². The lowest BCUT2D eigenvalue weighted by molar-refractivity contribution is -0.138. The molecule has 0 unspecified atom stereocenters. The van der Waals surface area contributed by atoms with Crippen LogP contribution < -0.4 is 5.32 Å². The van der Waals surface area contributed by atoms with Gasteiger partial charge in [-0.2, -0.15) is 13.2 Å². The number of aromatic hydroxyl groups is 1. The van der Waals surface area contributed by atoms with Gasteiger partial charge in [-0.1, -0.05) is 6.07 Å². The Hall–Kier alpha value is -1.27. The molecule has 1 fully saturated rings. The highest BCUT2D eigenvalue weighted by Gasteiger charge is 2.33. The van der Waals surface area contributed by atoms with Crippen LogP contribution in [0.4, 0.5) is 13.2 Å². The maximum Gasteiger partial charge on any atom is 0.419 e. The summed E-state index contributed by atoms with van der Waals surface area (Å²) in [7, 11) is 0. The van der Waals surface area contributed by atoms with Crippen LogP contribution in [0, 0.1) is 0 Å². The van der Waals surface area contributed by atoms with E-state index in [1.165, 1.54) is 12.1 Å². The van der Waals surface area contributed by atoms with E-state index in [1.54, 1.807) is 0 Å². The van der Waals surface area contributed by atoms with E-state index >= 15 is 0 Å². The fourth-order valence-electron chi connectivity index (χ4n) is 2.04. The van der Waals surface area contributed by atoms with Gasteiger partial charge in [0.2, 0.25) is 0 Å². The third-order valence-electron chi connectivity index (χ3n) is 2.98. The molecule has 0 radical (unpaired) electrons. The predicted octanol–water partition coefficient (Wildman–Crippen LogP) is 1.82. The zero-order valence-electron chi connectivity index (χ0n) is 9.80. The summed E-state index contributed by atoms with van der Waals surface area (Å²) in [6.07, 6.45) is -4.50. The third-order valence-corrected chi connectivity index (χ3v) is 2.98. The Bertz CT molecular complexity index is 414. The SMILES string of the molecule is Oc1cc(CN2CCNCC2)ccc1C(F)(F)F. The number of alkyl halides is 3. The molecular weight excluding hydrogens is 245 g/mol. The number of hydrogen-bond donors (Lipinski definition) is 2. The minimum absolute atomic E-state index is 0.563. The minimum Gasteiger partial charge on any atom is -0.507 e. The summed E-state index contributed by atoms with van der Waals surface area (Å²) in [5.74, 6) is -0.699. The molecule has 100 valence electrons. The topological polar surface area (TPSA) is 35.5 Å². The van der Waals surface area contributed by atoms with Crippen molar-refractivity contribution in [2.75, 3.05) is 26.2 Å². The first-order valence-electron chi connectivity index (χ1n) is 5.79. The van der Waals surface area contributed by atoms with Crippen LogP contribution in [0.5, 0.6) is 5.75 Å². The Balaban J connectivity index is 2.08. The van der Waals surface area contributed by atoms with Crippen molar-refractivity contribution < 1.29 is 18.3 Å². The summed E-state index contributed by atoms with van der Waals surface area (Å²) in [4.78, 5) is 2.14. The van der Waals surface area contributed by atoms with Crippen molar-refractivity contribution in [1.82, 2.24) is 10.2 Å². The van der Waals surface area contributed by atoms with Crippen molar-refractivity contribution in [2.24, 2.45) is 0 Å². The van der Waals surface area contributed by atoms with Crippen molar-refractivity contribution in [3.05, 3.63) is 29.3 Å². The summed E-state index contributed by atoms with van der Waals surface area (Å²) in [5, 5.41) is 12.6. The van der Waals surface area contributed by atoms with Crippen LogP contribution in [0.1, 0.15) is 11.1 Å². The van der Waals surface area contributed by atoms with Crippen LogP contribution in [-0.4, -0.2) is 36.2 Å². The molecule has 18 heavy (non-hydrogen) atoms. The van der Waals surface area contributed by atoms with Crippen molar-refractivity contribution in [3.8, 4) is 5.75 Å². The first-order chi connectivity index (χ1) is 8.47. The Morgan fingerprint density at radius 2 is 1.89 bits per heavy atom. The van der Waals surface area contributed by atoms with Gasteiger partial charge in [0.15, 0.2) is 0 Å². The monoisotopic (exact) mass is 260 g/mol. The molecule has 2 rings (SSSR count). The maximum atomic E-state index is 12.5. The second-order valence-corrected chi connectivity index (χ2v) is 4.38. The first-order valence-corrected chi connectivity index (χ1v) is 5.79. The van der Waals surface area contributed by atoms with Gasteiger partial charge in [-0.3, -0.25) is 4.90 Å². The summed E-state index contributed by atoms with van der Waals surface area (Å²) >= 11 is 0. The van der Waals surface area contributed by atoms with Crippen LogP contribution in [-0.2, 0) is 12.7 Å². The van der Waals surface area contributed by atoms with Gasteiger partial charge < -0.3 is 10.4 Å². The van der Waals surface area contributed by atoms with Gasteiger partial charge >= 0.3 is 6.18 Å². The van der Waals surface area contributed by atoms with Crippen LogP contribution in [0.15, 0.2) is 18.2 Å². The largest absolute Gasteiger partial charge is 0.507 e. The number of piperazine rings is 1. The Morgan fingerprint density at radius 3 is 2.44 bits per heavy atom. The van der Waals surface area contributed by atoms with Gasteiger partial charge in [0.05, 0.1) is 5.56 Å². The molecule has 1 saturated heterocycles. The average Bonchev–Trinajstić information content (AvgIpc) is 2.28. The Kier molecular flexibility index (Phi) is 3.77. The molecule has 1 aromatic rings. The summed E-state index contributed by atoms with van der Waals surface area (Å²) in [6, 6.07) is 3.56. The highest BCUT2D eigenvalue weighted by atomic mass is 19.4. The Labute approximate surface area is 103 Å². The van der Waals surface area contributed by atoms with Crippen molar-refractivity contribution in [3.63, 3.8) is 0 Å². The van der Waals surface area contributed by atoms with E-state index in [0.29, 0.717) is 12.1 Å². The molecule has 1 aliphatic rings. The molecule has 0 aromatic heterocycles. The second-order valence-electron chi connectivity index (χ2n) is 4.38. The smallest absolute Gasteiger partial charge is 0.419 e. The van der Waals surface area contributed by atoms with E-state index in [4.69, 9.17) is 0 Å². The molecule has 0 aliphatic carbocycles. The number of phenolic OH excluding ortho intramolecular Hbond substituents is 1. The van der Waals surface area contributed by atoms with E-state index in [1.807, 2.05) is 0 Å². The van der Waals surface area contributed by atoms with Gasteiger partial charge in [-0.25, -0.2) is 0 Å². The molecule has 0 bridgehead atoms. The molecule has 0 spiro atoms. The zero-order chi connectivity index (χ0) is 13.2. The number of halogens is 3. The van der Waals surface area contributed by atoms with Crippen LogP contribution in [0.3, 0.4) is 0 Å². The number of phenols is 1. The van der Waals surface area contributed by atoms with E-state index in [0.717, 1.165) is 32.2 Å². The molecule has 3 nitrogen and oxygen atoms in total. The van der Waals surface area contributed by atoms with Gasteiger partial charge in [0.25, 0.3) is 0 Å². The lowest BCUT2D eigenvalue weighted by Crippen LogP contribution is -2.42. The average molecular weight is 260 g/mol. The van der Waals surface area contributed by atoms with Crippen molar-refractivity contribution in [1.29, 1.82) is 0 Å². The van der Waals surface area contributed by atoms with Gasteiger partial charge in [0.1, 0.15) is 5.75 Å². The molecule has 2 N–H and O–H groups in total. The van der Waals surface area contributed by atoms with Crippen LogP contribution in [0.25, 0.3) is 0 Å². The standard InChI is InChI=1S/C12H15F3N2O/c13-12(14,15)10-2-1-9(7-11(10)18)8-17-5-3-16-4-6-17/h1-2,7,16,18H,3-6,8H2. The van der Waals surface area contributed by atoms with Crippen molar-refractivity contribution in [2.45, 2.75) is 12.7 Å².